The van der Waals surface area contributed by atoms with Crippen LogP contribution in [0.3, 0.4) is 0 Å². The summed E-state index contributed by atoms with van der Waals surface area (Å²) in [5.41, 5.74) is 13.0. The van der Waals surface area contributed by atoms with Crippen LogP contribution in [0, 0.1) is 5.92 Å². The molecule has 114 valence electrons. The molecule has 0 aromatic heterocycles. The van der Waals surface area contributed by atoms with Crippen LogP contribution in [0.1, 0.15) is 34.1 Å². The minimum absolute atomic E-state index is 0.323. The van der Waals surface area contributed by atoms with Crippen LogP contribution in [-0.2, 0) is 9.31 Å². The standard InChI is InChI=1S/C15H23BN2O3/c1-9-7-15(4)14(2,3)20-16(21-15)10-5-6-11(17)12(18)13(10)19-8-9/h5-6,9H,7-8,17-18H2,1-4H3. The van der Waals surface area contributed by atoms with Crippen LogP contribution in [0.25, 0.3) is 0 Å². The van der Waals surface area contributed by atoms with Crippen LogP contribution in [0.15, 0.2) is 12.1 Å². The molecule has 1 aromatic carbocycles. The maximum absolute atomic E-state index is 6.28. The number of anilines is 2. The zero-order valence-electron chi connectivity index (χ0n) is 13.1. The monoisotopic (exact) mass is 290 g/mol. The Labute approximate surface area is 126 Å². The molecule has 0 radical (unpaired) electrons. The normalized spacial score (nSPS) is 30.9. The maximum Gasteiger partial charge on any atom is 0.498 e. The second-order valence-electron chi connectivity index (χ2n) is 6.92. The Morgan fingerprint density at radius 2 is 1.90 bits per heavy atom. The van der Waals surface area contributed by atoms with Crippen molar-refractivity contribution in [1.29, 1.82) is 0 Å². The number of benzene rings is 1. The molecule has 0 saturated carbocycles. The summed E-state index contributed by atoms with van der Waals surface area (Å²) < 4.78 is 18.4. The van der Waals surface area contributed by atoms with E-state index in [9.17, 15) is 0 Å². The molecule has 1 aromatic rings. The molecule has 0 amide bonds. The number of ether oxygens (including phenoxy) is 1. The quantitative estimate of drug-likeness (QED) is 0.560. The molecule has 2 atom stereocenters. The fourth-order valence-corrected chi connectivity index (χ4v) is 3.14. The average Bonchev–Trinajstić information content (AvgIpc) is 2.63. The van der Waals surface area contributed by atoms with Gasteiger partial charge in [0.1, 0.15) is 5.75 Å². The van der Waals surface area contributed by atoms with Crippen molar-refractivity contribution >= 4 is 24.0 Å². The second-order valence-corrected chi connectivity index (χ2v) is 6.92. The van der Waals surface area contributed by atoms with E-state index < -0.39 is 7.12 Å². The predicted octanol–water partition coefficient (Wildman–Crippen LogP) is 1.55. The molecule has 2 bridgehead atoms. The number of rotatable bonds is 0. The van der Waals surface area contributed by atoms with E-state index in [4.69, 9.17) is 25.5 Å². The lowest BCUT2D eigenvalue weighted by molar-refractivity contribution is -0.0289. The first-order valence-electron chi connectivity index (χ1n) is 7.40. The maximum atomic E-state index is 6.28. The zero-order valence-corrected chi connectivity index (χ0v) is 13.1. The summed E-state index contributed by atoms with van der Waals surface area (Å²) in [6.45, 7) is 8.98. The van der Waals surface area contributed by atoms with Crippen LogP contribution in [0.4, 0.5) is 11.4 Å². The predicted molar refractivity (Wildman–Crippen MR) is 84.6 cm³/mol. The highest BCUT2D eigenvalue weighted by atomic mass is 16.7. The molecule has 2 aliphatic heterocycles. The molecule has 2 heterocycles. The first-order valence-corrected chi connectivity index (χ1v) is 7.40. The lowest BCUT2D eigenvalue weighted by atomic mass is 9.78. The van der Waals surface area contributed by atoms with E-state index in [2.05, 4.69) is 27.7 Å². The molecular formula is C15H23BN2O3. The van der Waals surface area contributed by atoms with Gasteiger partial charge in [0.25, 0.3) is 0 Å². The van der Waals surface area contributed by atoms with E-state index in [0.29, 0.717) is 29.6 Å². The summed E-state index contributed by atoms with van der Waals surface area (Å²) in [5.74, 6) is 0.914. The van der Waals surface area contributed by atoms with Gasteiger partial charge in [-0.3, -0.25) is 0 Å². The van der Waals surface area contributed by atoms with Gasteiger partial charge in [-0.2, -0.15) is 0 Å². The fraction of sp³-hybridized carbons (Fsp3) is 0.600. The Bertz CT molecular complexity index is 578. The second kappa shape index (κ2) is 4.55. The smallest absolute Gasteiger partial charge is 0.491 e. The summed E-state index contributed by atoms with van der Waals surface area (Å²) >= 11 is 0. The van der Waals surface area contributed by atoms with Gasteiger partial charge in [-0.05, 0) is 39.2 Å². The van der Waals surface area contributed by atoms with E-state index in [-0.39, 0.29) is 11.2 Å². The summed E-state index contributed by atoms with van der Waals surface area (Å²) in [7, 11) is -0.479. The third kappa shape index (κ3) is 2.17. The molecule has 2 aliphatic rings. The number of hydrogen-bond acceptors (Lipinski definition) is 5. The van der Waals surface area contributed by atoms with Gasteiger partial charge < -0.3 is 25.5 Å². The molecule has 0 spiro atoms. The van der Waals surface area contributed by atoms with Gasteiger partial charge in [-0.25, -0.2) is 0 Å². The highest BCUT2D eigenvalue weighted by Gasteiger charge is 2.56. The van der Waals surface area contributed by atoms with E-state index in [0.717, 1.165) is 11.9 Å². The minimum atomic E-state index is -0.479. The van der Waals surface area contributed by atoms with Gasteiger partial charge in [0.2, 0.25) is 0 Å². The number of nitrogens with two attached hydrogens (primary N) is 2. The van der Waals surface area contributed by atoms with Gasteiger partial charge in [0.15, 0.2) is 0 Å². The van der Waals surface area contributed by atoms with E-state index in [1.807, 2.05) is 6.07 Å². The third-order valence-electron chi connectivity index (χ3n) is 4.81. The van der Waals surface area contributed by atoms with Crippen molar-refractivity contribution in [3.05, 3.63) is 12.1 Å². The average molecular weight is 290 g/mol. The van der Waals surface area contributed by atoms with Crippen molar-refractivity contribution < 1.29 is 14.0 Å². The first-order chi connectivity index (χ1) is 9.73. The molecule has 1 saturated heterocycles. The van der Waals surface area contributed by atoms with Crippen molar-refractivity contribution in [2.24, 2.45) is 5.92 Å². The van der Waals surface area contributed by atoms with Crippen LogP contribution in [-0.4, -0.2) is 24.9 Å². The van der Waals surface area contributed by atoms with Gasteiger partial charge in [-0.15, -0.1) is 0 Å². The molecule has 2 unspecified atom stereocenters. The van der Waals surface area contributed by atoms with Crippen molar-refractivity contribution in [3.8, 4) is 5.75 Å². The van der Waals surface area contributed by atoms with Crippen LogP contribution >= 0.6 is 0 Å². The van der Waals surface area contributed by atoms with Crippen LogP contribution in [0.2, 0.25) is 0 Å². The highest BCUT2D eigenvalue weighted by molar-refractivity contribution is 6.63. The van der Waals surface area contributed by atoms with Crippen molar-refractivity contribution in [3.63, 3.8) is 0 Å². The van der Waals surface area contributed by atoms with E-state index >= 15 is 0 Å². The fourth-order valence-electron chi connectivity index (χ4n) is 3.14. The van der Waals surface area contributed by atoms with Crippen LogP contribution in [0.5, 0.6) is 5.75 Å². The summed E-state index contributed by atoms with van der Waals surface area (Å²) in [6, 6.07) is 3.65. The highest BCUT2D eigenvalue weighted by Crippen LogP contribution is 2.43. The van der Waals surface area contributed by atoms with Crippen molar-refractivity contribution in [2.75, 3.05) is 18.1 Å². The molecule has 5 nitrogen and oxygen atoms in total. The van der Waals surface area contributed by atoms with Gasteiger partial charge in [0, 0.05) is 5.46 Å². The van der Waals surface area contributed by atoms with E-state index in [1.54, 1.807) is 6.07 Å². The Kier molecular flexibility index (Phi) is 3.15. The number of fused-ring (bicyclic) bond motifs is 4. The van der Waals surface area contributed by atoms with Crippen LogP contribution < -0.4 is 21.7 Å². The summed E-state index contributed by atoms with van der Waals surface area (Å²) in [6.07, 6.45) is 0.861. The Morgan fingerprint density at radius 3 is 2.62 bits per heavy atom. The Hall–Kier alpha value is -1.40. The third-order valence-corrected chi connectivity index (χ3v) is 4.81. The largest absolute Gasteiger partial charge is 0.498 e. The van der Waals surface area contributed by atoms with E-state index in [1.165, 1.54) is 0 Å². The SMILES string of the molecule is CC1COc2c(ccc(N)c2N)B2OC(C)(C)C(C)(C1)O2. The van der Waals surface area contributed by atoms with Gasteiger partial charge in [-0.1, -0.05) is 13.0 Å². The topological polar surface area (TPSA) is 79.7 Å². The lowest BCUT2D eigenvalue weighted by Gasteiger charge is -2.38. The first kappa shape index (κ1) is 14.5. The van der Waals surface area contributed by atoms with Crippen molar-refractivity contribution in [2.45, 2.75) is 45.3 Å². The Morgan fingerprint density at radius 1 is 1.19 bits per heavy atom. The number of nitrogen functional groups attached to an aromatic ring is 2. The minimum Gasteiger partial charge on any atom is -0.491 e. The summed E-state index contributed by atoms with van der Waals surface area (Å²) in [5, 5.41) is 0. The molecule has 21 heavy (non-hydrogen) atoms. The molecule has 0 aliphatic carbocycles. The zero-order chi connectivity index (χ0) is 15.4. The molecule has 1 fully saturated rings. The van der Waals surface area contributed by atoms with Gasteiger partial charge in [0.05, 0.1) is 29.2 Å². The lowest BCUT2D eigenvalue weighted by Crippen LogP contribution is -2.46. The molecule has 3 rings (SSSR count). The molecule has 6 heteroatoms. The molecule has 4 N–H and O–H groups in total. The summed E-state index contributed by atoms with van der Waals surface area (Å²) in [4.78, 5) is 0. The van der Waals surface area contributed by atoms with Crippen molar-refractivity contribution in [1.82, 2.24) is 0 Å². The Balaban J connectivity index is 2.12. The number of hydrogen-bond donors (Lipinski definition) is 2. The molecular weight excluding hydrogens is 267 g/mol. The van der Waals surface area contributed by atoms with Gasteiger partial charge >= 0.3 is 7.12 Å².